The normalized spacial score (nSPS) is 12.5. The molecule has 2 heterocycles. The van der Waals surface area contributed by atoms with Crippen LogP contribution in [0.1, 0.15) is 21.6 Å². The molecule has 0 N–H and O–H groups in total. The molecule has 0 fully saturated rings. The third-order valence-electron chi connectivity index (χ3n) is 4.06. The Morgan fingerprint density at radius 1 is 1.21 bits per heavy atom. The number of thiazole rings is 1. The van der Waals surface area contributed by atoms with Crippen molar-refractivity contribution in [3.05, 3.63) is 75.7 Å². The average Bonchev–Trinajstić information content (AvgIpc) is 3.42. The maximum absolute atomic E-state index is 12.7. The van der Waals surface area contributed by atoms with E-state index < -0.39 is 0 Å². The Hall–Kier alpha value is -3.63. The van der Waals surface area contributed by atoms with E-state index in [1.165, 1.54) is 11.3 Å². The lowest BCUT2D eigenvalue weighted by Gasteiger charge is -2.05. The van der Waals surface area contributed by atoms with Gasteiger partial charge in [0.25, 0.3) is 0 Å². The number of fused-ring (bicyclic) bond motifs is 1. The Bertz CT molecular complexity index is 1070. The molecule has 0 spiro atoms. The SMILES string of the molecule is N#C/C(=C\c1ccc(OCc2cscn2)cc1)C(=O)c1ccc2c(c1)OCO2. The highest BCUT2D eigenvalue weighted by Crippen LogP contribution is 2.33. The van der Waals surface area contributed by atoms with E-state index in [0.29, 0.717) is 29.4 Å². The molecule has 2 aromatic carbocycles. The number of allylic oxidation sites excluding steroid dienone is 1. The molecule has 0 atom stereocenters. The van der Waals surface area contributed by atoms with Gasteiger partial charge >= 0.3 is 0 Å². The standard InChI is InChI=1S/C21H14N2O4S/c22-9-16(21(24)15-3-6-19-20(8-15)27-13-26-19)7-14-1-4-18(5-2-14)25-10-17-11-28-12-23-17/h1-8,11-12H,10,13H2/b16-7+. The number of carbonyl (C=O) groups is 1. The van der Waals surface area contributed by atoms with Crippen molar-refractivity contribution >= 4 is 23.2 Å². The van der Waals surface area contributed by atoms with Crippen LogP contribution in [0.2, 0.25) is 0 Å². The van der Waals surface area contributed by atoms with Gasteiger partial charge in [0.2, 0.25) is 12.6 Å². The lowest BCUT2D eigenvalue weighted by atomic mass is 10.0. The second-order valence-corrected chi connectivity index (χ2v) is 6.62. The second kappa shape index (κ2) is 7.94. The number of Topliss-reactive ketones (excluding diaryl/α,β-unsaturated/α-hetero) is 1. The molecule has 0 saturated heterocycles. The minimum absolute atomic E-state index is 0.0370. The zero-order chi connectivity index (χ0) is 19.3. The van der Waals surface area contributed by atoms with Crippen LogP contribution >= 0.6 is 11.3 Å². The summed E-state index contributed by atoms with van der Waals surface area (Å²) in [6.07, 6.45) is 1.55. The molecule has 28 heavy (non-hydrogen) atoms. The molecule has 3 aromatic rings. The molecule has 6 nitrogen and oxygen atoms in total. The van der Waals surface area contributed by atoms with Gasteiger partial charge < -0.3 is 14.2 Å². The summed E-state index contributed by atoms with van der Waals surface area (Å²) in [6.45, 7) is 0.523. The highest BCUT2D eigenvalue weighted by molar-refractivity contribution is 7.07. The van der Waals surface area contributed by atoms with E-state index in [1.807, 2.05) is 11.4 Å². The first-order chi connectivity index (χ1) is 13.7. The van der Waals surface area contributed by atoms with Crippen molar-refractivity contribution in [2.24, 2.45) is 0 Å². The summed E-state index contributed by atoms with van der Waals surface area (Å²) in [5, 5.41) is 11.4. The molecule has 0 radical (unpaired) electrons. The lowest BCUT2D eigenvalue weighted by Crippen LogP contribution is -2.02. The van der Waals surface area contributed by atoms with Gasteiger partial charge in [-0.15, -0.1) is 11.3 Å². The summed E-state index contributed by atoms with van der Waals surface area (Å²) in [5.41, 5.74) is 3.77. The van der Waals surface area contributed by atoms with Crippen LogP contribution in [0.15, 0.2) is 58.9 Å². The van der Waals surface area contributed by atoms with Crippen LogP contribution in [0.5, 0.6) is 17.2 Å². The van der Waals surface area contributed by atoms with E-state index in [4.69, 9.17) is 14.2 Å². The van der Waals surface area contributed by atoms with Gasteiger partial charge in [0, 0.05) is 10.9 Å². The third-order valence-corrected chi connectivity index (χ3v) is 4.70. The Morgan fingerprint density at radius 3 is 2.79 bits per heavy atom. The number of nitriles is 1. The van der Waals surface area contributed by atoms with Crippen molar-refractivity contribution in [3.63, 3.8) is 0 Å². The maximum Gasteiger partial charge on any atom is 0.231 e. The van der Waals surface area contributed by atoms with E-state index in [1.54, 1.807) is 54.1 Å². The van der Waals surface area contributed by atoms with E-state index >= 15 is 0 Å². The maximum atomic E-state index is 12.7. The van der Waals surface area contributed by atoms with Gasteiger partial charge in [-0.05, 0) is 42.0 Å². The summed E-state index contributed by atoms with van der Waals surface area (Å²) in [4.78, 5) is 16.8. The van der Waals surface area contributed by atoms with E-state index in [9.17, 15) is 10.1 Å². The van der Waals surface area contributed by atoms with Crippen LogP contribution in [0.25, 0.3) is 6.08 Å². The number of hydrogen-bond donors (Lipinski definition) is 0. The predicted molar refractivity (Wildman–Crippen MR) is 103 cm³/mol. The molecule has 138 valence electrons. The zero-order valence-electron chi connectivity index (χ0n) is 14.6. The van der Waals surface area contributed by atoms with Crippen LogP contribution in [0.4, 0.5) is 0 Å². The molecule has 0 aliphatic carbocycles. The fraction of sp³-hybridized carbons (Fsp3) is 0.0952. The van der Waals surface area contributed by atoms with Gasteiger partial charge in [-0.2, -0.15) is 5.26 Å². The Kier molecular flexibility index (Phi) is 5.04. The summed E-state index contributed by atoms with van der Waals surface area (Å²) < 4.78 is 16.2. The number of carbonyl (C=O) groups excluding carboxylic acids is 1. The molecule has 0 saturated carbocycles. The second-order valence-electron chi connectivity index (χ2n) is 5.90. The Balaban J connectivity index is 1.48. The van der Waals surface area contributed by atoms with E-state index in [-0.39, 0.29) is 18.1 Å². The first-order valence-corrected chi connectivity index (χ1v) is 9.33. The number of hydrogen-bond acceptors (Lipinski definition) is 7. The zero-order valence-corrected chi connectivity index (χ0v) is 15.4. The highest BCUT2D eigenvalue weighted by Gasteiger charge is 2.18. The van der Waals surface area contributed by atoms with Gasteiger partial charge in [-0.3, -0.25) is 4.79 Å². The van der Waals surface area contributed by atoms with Gasteiger partial charge in [-0.1, -0.05) is 12.1 Å². The molecule has 1 aromatic heterocycles. The lowest BCUT2D eigenvalue weighted by molar-refractivity contribution is 0.103. The van der Waals surface area contributed by atoms with Crippen molar-refractivity contribution in [3.8, 4) is 23.3 Å². The average molecular weight is 390 g/mol. The van der Waals surface area contributed by atoms with Crippen molar-refractivity contribution < 1.29 is 19.0 Å². The molecule has 1 aliphatic rings. The number of aromatic nitrogens is 1. The summed E-state index contributed by atoms with van der Waals surface area (Å²) >= 11 is 1.52. The van der Waals surface area contributed by atoms with Gasteiger partial charge in [0.15, 0.2) is 11.5 Å². The summed E-state index contributed by atoms with van der Waals surface area (Å²) in [5.74, 6) is 1.41. The Labute approximate surface area is 165 Å². The van der Waals surface area contributed by atoms with Crippen LogP contribution in [-0.2, 0) is 6.61 Å². The first-order valence-electron chi connectivity index (χ1n) is 8.39. The molecule has 0 amide bonds. The van der Waals surface area contributed by atoms with Gasteiger partial charge in [0.1, 0.15) is 24.0 Å². The van der Waals surface area contributed by atoms with Crippen molar-refractivity contribution in [2.75, 3.05) is 6.79 Å². The molecule has 0 bridgehead atoms. The number of ketones is 1. The molecular formula is C21H14N2O4S. The minimum atomic E-state index is -0.371. The number of benzene rings is 2. The largest absolute Gasteiger partial charge is 0.487 e. The molecule has 7 heteroatoms. The first kappa shape index (κ1) is 17.8. The highest BCUT2D eigenvalue weighted by atomic mass is 32.1. The number of ether oxygens (including phenoxy) is 3. The van der Waals surface area contributed by atoms with Gasteiger partial charge in [-0.25, -0.2) is 4.98 Å². The van der Waals surface area contributed by atoms with Crippen LogP contribution in [0.3, 0.4) is 0 Å². The van der Waals surface area contributed by atoms with Crippen molar-refractivity contribution in [1.82, 2.24) is 4.98 Å². The fourth-order valence-electron chi connectivity index (χ4n) is 2.63. The Morgan fingerprint density at radius 2 is 2.04 bits per heavy atom. The third kappa shape index (κ3) is 3.87. The number of nitrogens with zero attached hydrogens (tertiary/aromatic N) is 2. The van der Waals surface area contributed by atoms with Crippen molar-refractivity contribution in [2.45, 2.75) is 6.61 Å². The molecule has 4 rings (SSSR count). The monoisotopic (exact) mass is 390 g/mol. The minimum Gasteiger partial charge on any atom is -0.487 e. The summed E-state index contributed by atoms with van der Waals surface area (Å²) in [7, 11) is 0. The predicted octanol–water partition coefficient (Wildman–Crippen LogP) is 4.24. The number of rotatable bonds is 6. The smallest absolute Gasteiger partial charge is 0.231 e. The van der Waals surface area contributed by atoms with Crippen LogP contribution in [0, 0.1) is 11.3 Å². The van der Waals surface area contributed by atoms with E-state index in [0.717, 1.165) is 11.3 Å². The summed E-state index contributed by atoms with van der Waals surface area (Å²) in [6, 6.07) is 14.0. The van der Waals surface area contributed by atoms with Crippen molar-refractivity contribution in [1.29, 1.82) is 5.26 Å². The van der Waals surface area contributed by atoms with Crippen LogP contribution in [-0.4, -0.2) is 17.6 Å². The fourth-order valence-corrected chi connectivity index (χ4v) is 3.18. The quantitative estimate of drug-likeness (QED) is 0.356. The van der Waals surface area contributed by atoms with E-state index in [2.05, 4.69) is 4.98 Å². The molecule has 0 unspecified atom stereocenters. The van der Waals surface area contributed by atoms with Crippen LogP contribution < -0.4 is 14.2 Å². The van der Waals surface area contributed by atoms with Gasteiger partial charge in [0.05, 0.1) is 11.2 Å². The molecular weight excluding hydrogens is 376 g/mol. The topological polar surface area (TPSA) is 81.4 Å². The molecule has 1 aliphatic heterocycles.